The molecule has 1 aliphatic heterocycles. The van der Waals surface area contributed by atoms with Crippen molar-refractivity contribution < 1.29 is 81.3 Å². The first-order valence-electron chi connectivity index (χ1n) is 30.7. The van der Waals surface area contributed by atoms with Gasteiger partial charge in [-0.15, -0.1) is 0 Å². The van der Waals surface area contributed by atoms with Crippen LogP contribution in [0.1, 0.15) is 104 Å². The lowest BCUT2D eigenvalue weighted by atomic mass is 9.90. The number of nitrogens with two attached hydrogens (primary N) is 2. The third-order valence-corrected chi connectivity index (χ3v) is 15.2. The first kappa shape index (κ1) is 76.2. The Balaban J connectivity index is 1.51. The number of primary amides is 1. The Kier molecular flexibility index (Phi) is 37.7. The molecule has 2 aromatic carbocycles. The normalized spacial score (nSPS) is 16.3. The molecule has 0 unspecified atom stereocenters. The van der Waals surface area contributed by atoms with Crippen LogP contribution >= 0.6 is 0 Å². The summed E-state index contributed by atoms with van der Waals surface area (Å²) < 4.78 is 50.4. The first-order chi connectivity index (χ1) is 42.3. The number of hydrogen-bond donors (Lipinski definition) is 8. The molecule has 8 amide bonds. The number of hydrogen-bond acceptors (Lipinski definition) is 18. The molecule has 3 rings (SSSR count). The Bertz CT molecular complexity index is 2330. The van der Waals surface area contributed by atoms with Gasteiger partial charge in [0.25, 0.3) is 0 Å². The number of rotatable bonds is 46. The Hall–Kier alpha value is -6.07. The zero-order chi connectivity index (χ0) is 64.8. The van der Waals surface area contributed by atoms with Crippen LogP contribution in [-0.4, -0.2) is 219 Å². The molecule has 10 atom stereocenters. The van der Waals surface area contributed by atoms with Crippen molar-refractivity contribution >= 4 is 47.3 Å². The predicted octanol–water partition coefficient (Wildman–Crippen LogP) is 3.42. The number of carbonyl (C=O) groups excluding carboxylic acids is 7. The van der Waals surface area contributed by atoms with Crippen LogP contribution < -0.4 is 38.1 Å². The third-order valence-electron chi connectivity index (χ3n) is 15.2. The maximum absolute atomic E-state index is 14.3. The maximum atomic E-state index is 14.3. The van der Waals surface area contributed by atoms with Crippen LogP contribution in [-0.2, 0) is 73.2 Å². The second-order valence-corrected chi connectivity index (χ2v) is 22.1. The van der Waals surface area contributed by atoms with E-state index in [4.69, 9.17) is 54.1 Å². The van der Waals surface area contributed by atoms with Crippen molar-refractivity contribution in [3.8, 4) is 0 Å². The lowest BCUT2D eigenvalue weighted by molar-refractivity contribution is -0.143. The molecule has 0 spiro atoms. The van der Waals surface area contributed by atoms with E-state index in [9.17, 15) is 38.7 Å². The van der Waals surface area contributed by atoms with Gasteiger partial charge in [-0.25, -0.2) is 9.59 Å². The number of nitrogens with one attached hydrogen (secondary N) is 5. The van der Waals surface area contributed by atoms with Crippen LogP contribution in [0.3, 0.4) is 0 Å². The number of likely N-dealkylation sites (N-methyl/N-ethyl adjacent to an activating group) is 1. The van der Waals surface area contributed by atoms with Gasteiger partial charge in [-0.2, -0.15) is 0 Å². The molecule has 1 fully saturated rings. The SMILES string of the molecule is CC[C@H](C)[C@@H]([C@@H](CC(=O)N1CCC[C@H]1[C@H](OC)[C@@H](C)C(=O)N[C@H](C)[C@@H](O)c1ccccc1)OC)N(C)C(=O)OCc1ccc(NC(=O)[C@H](CCCNC(N)=O)NC(=O)[C@@H](NC(=O)CCOCCOCCOCCOCCOCCOCCN)C(C)C)cc1. The molecule has 0 saturated carbocycles. The molecule has 1 heterocycles. The number of carbonyl (C=O) groups is 7. The summed E-state index contributed by atoms with van der Waals surface area (Å²) in [5.41, 5.74) is 12.3. The number of likely N-dealkylation sites (tertiary alicyclic amines) is 1. The van der Waals surface area contributed by atoms with Crippen molar-refractivity contribution in [2.75, 3.05) is 126 Å². The van der Waals surface area contributed by atoms with Gasteiger partial charge in [-0.05, 0) is 67.7 Å². The van der Waals surface area contributed by atoms with E-state index in [-0.39, 0.29) is 75.7 Å². The molecule has 0 radical (unpaired) electrons. The predicted molar refractivity (Wildman–Crippen MR) is 329 cm³/mol. The summed E-state index contributed by atoms with van der Waals surface area (Å²) in [6.45, 7) is 16.5. The van der Waals surface area contributed by atoms with Gasteiger partial charge in [-0.1, -0.05) is 83.5 Å². The van der Waals surface area contributed by atoms with Crippen molar-refractivity contribution in [3.05, 3.63) is 65.7 Å². The fourth-order valence-electron chi connectivity index (χ4n) is 10.1. The highest BCUT2D eigenvalue weighted by Gasteiger charge is 2.42. The largest absolute Gasteiger partial charge is 0.445 e. The molecule has 26 nitrogen and oxygen atoms in total. The Morgan fingerprint density at radius 1 is 0.727 bits per heavy atom. The fourth-order valence-corrected chi connectivity index (χ4v) is 10.1. The van der Waals surface area contributed by atoms with E-state index < -0.39 is 84.3 Å². The van der Waals surface area contributed by atoms with Crippen molar-refractivity contribution in [3.63, 3.8) is 0 Å². The smallest absolute Gasteiger partial charge is 0.410 e. The van der Waals surface area contributed by atoms with Crippen LogP contribution in [0.4, 0.5) is 15.3 Å². The molecule has 0 bridgehead atoms. The van der Waals surface area contributed by atoms with Gasteiger partial charge in [0.15, 0.2) is 0 Å². The fraction of sp³-hybridized carbons (Fsp3) is 0.694. The molecule has 1 saturated heterocycles. The van der Waals surface area contributed by atoms with Gasteiger partial charge in [0.2, 0.25) is 29.5 Å². The molecular weight excluding hydrogens is 1140 g/mol. The number of nitrogens with zero attached hydrogens (tertiary/aromatic N) is 2. The van der Waals surface area contributed by atoms with E-state index in [0.29, 0.717) is 115 Å². The summed E-state index contributed by atoms with van der Waals surface area (Å²) in [5, 5.41) is 24.7. The van der Waals surface area contributed by atoms with E-state index in [1.165, 1.54) is 19.1 Å². The van der Waals surface area contributed by atoms with E-state index in [2.05, 4.69) is 26.6 Å². The quantitative estimate of drug-likeness (QED) is 0.0440. The number of methoxy groups -OCH3 is 2. The van der Waals surface area contributed by atoms with Crippen molar-refractivity contribution in [1.82, 2.24) is 31.1 Å². The van der Waals surface area contributed by atoms with Crippen molar-refractivity contribution in [2.24, 2.45) is 29.2 Å². The zero-order valence-corrected chi connectivity index (χ0v) is 53.3. The molecule has 498 valence electrons. The van der Waals surface area contributed by atoms with Gasteiger partial charge in [-0.3, -0.25) is 24.0 Å². The summed E-state index contributed by atoms with van der Waals surface area (Å²) >= 11 is 0. The molecule has 2 aromatic rings. The van der Waals surface area contributed by atoms with Crippen LogP contribution in [0.15, 0.2) is 54.6 Å². The minimum atomic E-state index is -1.08. The molecule has 26 heteroatoms. The highest BCUT2D eigenvalue weighted by molar-refractivity contribution is 5.98. The van der Waals surface area contributed by atoms with Crippen LogP contribution in [0.25, 0.3) is 0 Å². The number of aliphatic hydroxyl groups is 1. The second-order valence-electron chi connectivity index (χ2n) is 22.1. The summed E-state index contributed by atoms with van der Waals surface area (Å²) in [5.74, 6) is -3.21. The average Bonchev–Trinajstić information content (AvgIpc) is 2.16. The van der Waals surface area contributed by atoms with E-state index >= 15 is 0 Å². The topological polar surface area (TPSA) is 341 Å². The highest BCUT2D eigenvalue weighted by Crippen LogP contribution is 2.30. The lowest BCUT2D eigenvalue weighted by Gasteiger charge is -2.38. The van der Waals surface area contributed by atoms with Gasteiger partial charge >= 0.3 is 12.1 Å². The molecule has 0 aromatic heterocycles. The number of aliphatic hydroxyl groups excluding tert-OH is 1. The summed E-state index contributed by atoms with van der Waals surface area (Å²) in [4.78, 5) is 96.8. The number of amides is 8. The second kappa shape index (κ2) is 43.6. The Morgan fingerprint density at radius 2 is 1.31 bits per heavy atom. The minimum Gasteiger partial charge on any atom is -0.445 e. The van der Waals surface area contributed by atoms with Gasteiger partial charge in [0.05, 0.1) is 128 Å². The van der Waals surface area contributed by atoms with Crippen LogP contribution in [0.2, 0.25) is 0 Å². The summed E-state index contributed by atoms with van der Waals surface area (Å²) in [6, 6.07) is 11.3. The Labute approximate surface area is 520 Å². The molecule has 88 heavy (non-hydrogen) atoms. The zero-order valence-electron chi connectivity index (χ0n) is 53.3. The summed E-state index contributed by atoms with van der Waals surface area (Å²) in [7, 11) is 4.64. The molecular formula is C62H103N9O17. The molecule has 10 N–H and O–H groups in total. The monoisotopic (exact) mass is 1250 g/mol. The number of anilines is 1. The maximum Gasteiger partial charge on any atom is 0.410 e. The number of benzene rings is 2. The number of ether oxygens (including phenoxy) is 9. The highest BCUT2D eigenvalue weighted by atomic mass is 16.6. The first-order valence-corrected chi connectivity index (χ1v) is 30.7. The number of urea groups is 1. The van der Waals surface area contributed by atoms with Crippen molar-refractivity contribution in [2.45, 2.75) is 142 Å². The van der Waals surface area contributed by atoms with Gasteiger partial charge in [0.1, 0.15) is 18.7 Å². The standard InChI is InChI=1S/C62H103N9O17/c1-10-43(4)55(51(80-8)40-53(73)71-27-15-19-50(71)57(81-9)44(5)58(75)66-45(6)56(74)47-16-12-11-13-17-47)70(7)62(79)88-41-46-20-22-48(23-21-46)67-59(76)49(18-14-26-65-61(64)78)68-60(77)54(42(2)3)69-52(72)24-28-82-30-32-84-34-36-86-38-39-87-37-35-85-33-31-83-29-25-63/h11-13,16-17,20-23,42-45,49-51,54-57,74H,10,14-15,18-19,24-41,63H2,1-9H3,(H,66,75)(H,67,76)(H,68,77)(H,69,72)(H3,64,65,78)/t43-,44+,45+,49-,50-,51+,54-,55-,56+,57+/m0/s1. The van der Waals surface area contributed by atoms with E-state index in [1.807, 2.05) is 32.0 Å². The molecule has 1 aliphatic rings. The van der Waals surface area contributed by atoms with E-state index in [0.717, 1.165) is 0 Å². The third kappa shape index (κ3) is 28.2. The van der Waals surface area contributed by atoms with Gasteiger partial charge in [0, 0.05) is 53.0 Å². The van der Waals surface area contributed by atoms with Crippen molar-refractivity contribution in [1.29, 1.82) is 0 Å². The van der Waals surface area contributed by atoms with Gasteiger partial charge < -0.3 is 95.6 Å². The van der Waals surface area contributed by atoms with Crippen LogP contribution in [0.5, 0.6) is 0 Å². The van der Waals surface area contributed by atoms with Crippen LogP contribution in [0, 0.1) is 17.8 Å². The lowest BCUT2D eigenvalue weighted by Crippen LogP contribution is -2.54. The Morgan fingerprint density at radius 3 is 1.84 bits per heavy atom. The molecule has 0 aliphatic carbocycles. The van der Waals surface area contributed by atoms with E-state index in [1.54, 1.807) is 76.0 Å². The average molecular weight is 1250 g/mol. The summed E-state index contributed by atoms with van der Waals surface area (Å²) in [6.07, 6.45) is -0.615. The minimum absolute atomic E-state index is 0.0255.